The van der Waals surface area contributed by atoms with E-state index in [0.29, 0.717) is 0 Å². The van der Waals surface area contributed by atoms with Crippen molar-refractivity contribution in [2.75, 3.05) is 31.1 Å². The molecule has 0 unspecified atom stereocenters. The Morgan fingerprint density at radius 1 is 1.26 bits per heavy atom. The summed E-state index contributed by atoms with van der Waals surface area (Å²) in [7, 11) is 0. The third kappa shape index (κ3) is 3.61. The van der Waals surface area contributed by atoms with Gasteiger partial charge in [-0.05, 0) is 45.4 Å². The summed E-state index contributed by atoms with van der Waals surface area (Å²) in [4.78, 5) is 16.3. The smallest absolute Gasteiger partial charge is 0.180 e. The minimum Gasteiger partial charge on any atom is -0.355 e. The van der Waals surface area contributed by atoms with E-state index in [4.69, 9.17) is 9.97 Å². The van der Waals surface area contributed by atoms with Gasteiger partial charge in [0.2, 0.25) is 0 Å². The summed E-state index contributed by atoms with van der Waals surface area (Å²) in [6.45, 7) is 10.1. The van der Waals surface area contributed by atoms with Crippen LogP contribution in [0.3, 0.4) is 0 Å². The van der Waals surface area contributed by atoms with Crippen molar-refractivity contribution in [2.45, 2.75) is 45.4 Å². The number of anilines is 1. The molecule has 0 aromatic carbocycles. The Hall–Kier alpha value is -1.75. The van der Waals surface area contributed by atoms with E-state index in [2.05, 4.69) is 34.9 Å². The summed E-state index contributed by atoms with van der Waals surface area (Å²) >= 11 is 0. The van der Waals surface area contributed by atoms with Crippen molar-refractivity contribution >= 4 is 18.2 Å². The van der Waals surface area contributed by atoms with Crippen LogP contribution in [-0.2, 0) is 12.8 Å². The highest BCUT2D eigenvalue weighted by molar-refractivity contribution is 5.65. The van der Waals surface area contributed by atoms with Gasteiger partial charge in [-0.25, -0.2) is 9.97 Å². The molecule has 124 valence electrons. The van der Waals surface area contributed by atoms with E-state index in [-0.39, 0.29) is 0 Å². The van der Waals surface area contributed by atoms with E-state index < -0.39 is 0 Å². The first-order valence-electron chi connectivity index (χ1n) is 8.86. The van der Waals surface area contributed by atoms with Crippen molar-refractivity contribution in [1.82, 2.24) is 15.3 Å². The topological polar surface area (TPSA) is 53.4 Å². The second-order valence-corrected chi connectivity index (χ2v) is 6.28. The van der Waals surface area contributed by atoms with Gasteiger partial charge >= 0.3 is 0 Å². The van der Waals surface area contributed by atoms with E-state index in [0.717, 1.165) is 75.6 Å². The Bertz CT molecular complexity index is 585. The summed E-state index contributed by atoms with van der Waals surface area (Å²) in [5.74, 6) is 1.89. The summed E-state index contributed by atoms with van der Waals surface area (Å²) < 4.78 is 0. The van der Waals surface area contributed by atoms with Crippen molar-refractivity contribution in [2.24, 2.45) is 4.99 Å². The number of hydrogen-bond donors (Lipinski definition) is 1. The standard InChI is InChI=1S/C18H27N5/c1-3-4-8-16(19-2)17-21-15-9-5-7-14(15)18(22-17)23-12-6-10-20-11-13-23/h8,20H,2-7,9-13H2,1H3/b16-8-. The molecule has 1 aromatic rings. The Labute approximate surface area is 138 Å². The second-order valence-electron chi connectivity index (χ2n) is 6.28. The average molecular weight is 313 g/mol. The monoisotopic (exact) mass is 313 g/mol. The molecule has 1 aliphatic heterocycles. The Morgan fingerprint density at radius 3 is 3.00 bits per heavy atom. The zero-order chi connectivity index (χ0) is 16.1. The number of nitrogens with one attached hydrogen (secondary N) is 1. The van der Waals surface area contributed by atoms with Crippen molar-refractivity contribution in [3.05, 3.63) is 23.2 Å². The SMILES string of the molecule is C=N/C(=C\CCC)c1nc2c(c(N3CCCNCC3)n1)CCC2. The van der Waals surface area contributed by atoms with Crippen LogP contribution in [0.2, 0.25) is 0 Å². The van der Waals surface area contributed by atoms with Crippen LogP contribution in [0.1, 0.15) is 49.7 Å². The number of nitrogens with zero attached hydrogens (tertiary/aromatic N) is 4. The summed E-state index contributed by atoms with van der Waals surface area (Å²) in [6, 6.07) is 0. The van der Waals surface area contributed by atoms with Crippen LogP contribution in [0.4, 0.5) is 5.82 Å². The molecule has 1 saturated heterocycles. The molecule has 0 bridgehead atoms. The van der Waals surface area contributed by atoms with Crippen molar-refractivity contribution in [3.63, 3.8) is 0 Å². The van der Waals surface area contributed by atoms with Crippen molar-refractivity contribution < 1.29 is 0 Å². The van der Waals surface area contributed by atoms with E-state index in [1.54, 1.807) is 0 Å². The maximum Gasteiger partial charge on any atom is 0.180 e. The fraction of sp³-hybridized carbons (Fsp3) is 0.611. The Kier molecular flexibility index (Phi) is 5.39. The number of rotatable bonds is 5. The van der Waals surface area contributed by atoms with E-state index >= 15 is 0 Å². The van der Waals surface area contributed by atoms with Gasteiger partial charge in [-0.1, -0.05) is 19.4 Å². The normalized spacial score (nSPS) is 18.7. The van der Waals surface area contributed by atoms with E-state index in [9.17, 15) is 0 Å². The van der Waals surface area contributed by atoms with Gasteiger partial charge in [0.25, 0.3) is 0 Å². The molecule has 1 N–H and O–H groups in total. The Balaban J connectivity index is 1.99. The Morgan fingerprint density at radius 2 is 2.17 bits per heavy atom. The lowest BCUT2D eigenvalue weighted by molar-refractivity contribution is 0.724. The number of fused-ring (bicyclic) bond motifs is 1. The van der Waals surface area contributed by atoms with Crippen LogP contribution in [0, 0.1) is 0 Å². The molecule has 1 aliphatic carbocycles. The molecule has 5 nitrogen and oxygen atoms in total. The fourth-order valence-electron chi connectivity index (χ4n) is 3.35. The predicted molar refractivity (Wildman–Crippen MR) is 96.2 cm³/mol. The van der Waals surface area contributed by atoms with Gasteiger partial charge < -0.3 is 10.2 Å². The van der Waals surface area contributed by atoms with Crippen LogP contribution < -0.4 is 10.2 Å². The van der Waals surface area contributed by atoms with Gasteiger partial charge in [0.15, 0.2) is 5.82 Å². The van der Waals surface area contributed by atoms with Crippen LogP contribution in [0.5, 0.6) is 0 Å². The summed E-state index contributed by atoms with van der Waals surface area (Å²) in [6.07, 6.45) is 8.69. The van der Waals surface area contributed by atoms with Crippen LogP contribution in [0.25, 0.3) is 5.70 Å². The molecule has 0 radical (unpaired) electrons. The third-order valence-electron chi connectivity index (χ3n) is 4.58. The van der Waals surface area contributed by atoms with Crippen LogP contribution in [-0.4, -0.2) is 42.9 Å². The molecule has 2 heterocycles. The first-order chi connectivity index (χ1) is 11.3. The van der Waals surface area contributed by atoms with Gasteiger partial charge in [0.05, 0.1) is 0 Å². The molecule has 0 spiro atoms. The van der Waals surface area contributed by atoms with Crippen LogP contribution in [0.15, 0.2) is 11.1 Å². The number of allylic oxidation sites excluding steroid dienone is 1. The molecule has 1 fully saturated rings. The number of aromatic nitrogens is 2. The zero-order valence-corrected chi connectivity index (χ0v) is 14.1. The lowest BCUT2D eigenvalue weighted by Gasteiger charge is -2.24. The first-order valence-corrected chi connectivity index (χ1v) is 8.86. The highest BCUT2D eigenvalue weighted by Gasteiger charge is 2.24. The molecule has 23 heavy (non-hydrogen) atoms. The van der Waals surface area contributed by atoms with Crippen molar-refractivity contribution in [1.29, 1.82) is 0 Å². The predicted octanol–water partition coefficient (Wildman–Crippen LogP) is 2.61. The number of aryl methyl sites for hydroxylation is 1. The molecule has 0 atom stereocenters. The highest BCUT2D eigenvalue weighted by atomic mass is 15.2. The number of unbranched alkanes of at least 4 members (excludes halogenated alkanes) is 1. The lowest BCUT2D eigenvalue weighted by Crippen LogP contribution is -2.30. The molecule has 5 heteroatoms. The van der Waals surface area contributed by atoms with Crippen molar-refractivity contribution in [3.8, 4) is 0 Å². The quantitative estimate of drug-likeness (QED) is 0.849. The minimum atomic E-state index is 0.751. The first kappa shape index (κ1) is 16.1. The van der Waals surface area contributed by atoms with Gasteiger partial charge in [-0.2, -0.15) is 0 Å². The van der Waals surface area contributed by atoms with Gasteiger partial charge in [-0.3, -0.25) is 4.99 Å². The molecular formula is C18H27N5. The molecule has 0 amide bonds. The fourth-order valence-corrected chi connectivity index (χ4v) is 3.35. The molecule has 2 aliphatic rings. The summed E-state index contributed by atoms with van der Waals surface area (Å²) in [5.41, 5.74) is 3.40. The minimum absolute atomic E-state index is 0.751. The number of hydrogen-bond acceptors (Lipinski definition) is 5. The summed E-state index contributed by atoms with van der Waals surface area (Å²) in [5, 5.41) is 3.47. The largest absolute Gasteiger partial charge is 0.355 e. The van der Waals surface area contributed by atoms with Gasteiger partial charge in [0.1, 0.15) is 11.5 Å². The number of aliphatic imine (C=N–C) groups is 1. The second kappa shape index (κ2) is 7.68. The average Bonchev–Trinajstić information content (AvgIpc) is 2.88. The zero-order valence-electron chi connectivity index (χ0n) is 14.1. The van der Waals surface area contributed by atoms with E-state index in [1.165, 1.54) is 17.7 Å². The molecule has 0 saturated carbocycles. The van der Waals surface area contributed by atoms with E-state index in [1.807, 2.05) is 0 Å². The maximum absolute atomic E-state index is 4.92. The van der Waals surface area contributed by atoms with Crippen LogP contribution >= 0.6 is 0 Å². The van der Waals surface area contributed by atoms with Gasteiger partial charge in [0, 0.05) is 30.9 Å². The molecule has 1 aromatic heterocycles. The van der Waals surface area contributed by atoms with Gasteiger partial charge in [-0.15, -0.1) is 0 Å². The third-order valence-corrected chi connectivity index (χ3v) is 4.58. The maximum atomic E-state index is 4.92. The molecular weight excluding hydrogens is 286 g/mol. The highest BCUT2D eigenvalue weighted by Crippen LogP contribution is 2.31. The molecule has 3 rings (SSSR count). The lowest BCUT2D eigenvalue weighted by atomic mass is 10.2.